The molecule has 8 nitrogen and oxygen atoms in total. The van der Waals surface area contributed by atoms with Gasteiger partial charge in [-0.05, 0) is 42.7 Å². The number of methoxy groups -OCH3 is 1. The number of nitrogens with one attached hydrogen (secondary N) is 1. The molecule has 186 valence electrons. The third-order valence-electron chi connectivity index (χ3n) is 5.15. The van der Waals surface area contributed by atoms with Crippen molar-refractivity contribution >= 4 is 43.5 Å². The van der Waals surface area contributed by atoms with Crippen molar-refractivity contribution in [2.45, 2.75) is 33.4 Å². The highest BCUT2D eigenvalue weighted by atomic mass is 79.9. The number of carbonyl (C=O) groups is 2. The Kier molecular flexibility index (Phi) is 9.93. The first-order chi connectivity index (χ1) is 15.9. The molecule has 1 N–H and O–H groups in total. The molecule has 0 aliphatic heterocycles. The van der Waals surface area contributed by atoms with Crippen LogP contribution in [0.1, 0.15) is 26.3 Å². The van der Waals surface area contributed by atoms with Gasteiger partial charge in [0, 0.05) is 17.6 Å². The van der Waals surface area contributed by atoms with E-state index in [9.17, 15) is 18.0 Å². The van der Waals surface area contributed by atoms with Gasteiger partial charge in [-0.25, -0.2) is 8.42 Å². The minimum absolute atomic E-state index is 0.145. The number of halogens is 1. The summed E-state index contributed by atoms with van der Waals surface area (Å²) in [5.41, 5.74) is 1.06. The maximum Gasteiger partial charge on any atom is 0.244 e. The Labute approximate surface area is 210 Å². The second-order valence-electron chi connectivity index (χ2n) is 8.40. The molecule has 0 saturated carbocycles. The lowest BCUT2D eigenvalue weighted by molar-refractivity contribution is -0.139. The van der Waals surface area contributed by atoms with Crippen molar-refractivity contribution < 1.29 is 22.7 Å². The van der Waals surface area contributed by atoms with Gasteiger partial charge in [-0.3, -0.25) is 13.9 Å². The minimum Gasteiger partial charge on any atom is -0.495 e. The van der Waals surface area contributed by atoms with Crippen molar-refractivity contribution in [2.75, 3.05) is 30.8 Å². The van der Waals surface area contributed by atoms with E-state index >= 15 is 0 Å². The van der Waals surface area contributed by atoms with Crippen LogP contribution in [0.2, 0.25) is 0 Å². The van der Waals surface area contributed by atoms with E-state index in [0.29, 0.717) is 12.3 Å². The molecule has 10 heteroatoms. The van der Waals surface area contributed by atoms with Crippen molar-refractivity contribution in [1.82, 2.24) is 10.2 Å². The quantitative estimate of drug-likeness (QED) is 0.460. The summed E-state index contributed by atoms with van der Waals surface area (Å²) in [5.74, 6) is -0.241. The lowest BCUT2D eigenvalue weighted by atomic mass is 10.1. The lowest BCUT2D eigenvalue weighted by Gasteiger charge is -2.32. The summed E-state index contributed by atoms with van der Waals surface area (Å²) in [6.07, 6.45) is 1.03. The third kappa shape index (κ3) is 7.73. The summed E-state index contributed by atoms with van der Waals surface area (Å²) < 4.78 is 32.5. The van der Waals surface area contributed by atoms with E-state index in [4.69, 9.17) is 4.74 Å². The average molecular weight is 555 g/mol. The molecule has 2 amide bonds. The van der Waals surface area contributed by atoms with E-state index in [-0.39, 0.29) is 24.1 Å². The van der Waals surface area contributed by atoms with Crippen LogP contribution in [-0.4, -0.2) is 57.6 Å². The molecule has 0 heterocycles. The fraction of sp³-hybridized carbons (Fsp3) is 0.417. The van der Waals surface area contributed by atoms with Crippen LogP contribution >= 0.6 is 15.9 Å². The maximum absolute atomic E-state index is 13.5. The molecule has 2 aromatic carbocycles. The summed E-state index contributed by atoms with van der Waals surface area (Å²) in [6, 6.07) is 13.2. The molecule has 34 heavy (non-hydrogen) atoms. The van der Waals surface area contributed by atoms with E-state index < -0.39 is 28.5 Å². The highest BCUT2D eigenvalue weighted by Crippen LogP contribution is 2.29. The van der Waals surface area contributed by atoms with Gasteiger partial charge in [-0.1, -0.05) is 54.0 Å². The lowest BCUT2D eigenvalue weighted by Crippen LogP contribution is -2.51. The van der Waals surface area contributed by atoms with Gasteiger partial charge in [-0.15, -0.1) is 0 Å². The summed E-state index contributed by atoms with van der Waals surface area (Å²) in [7, 11) is -2.39. The molecule has 1 unspecified atom stereocenters. The van der Waals surface area contributed by atoms with E-state index in [2.05, 4.69) is 21.2 Å². The first-order valence-corrected chi connectivity index (χ1v) is 13.5. The fourth-order valence-electron chi connectivity index (χ4n) is 3.25. The largest absolute Gasteiger partial charge is 0.495 e. The predicted octanol–water partition coefficient (Wildman–Crippen LogP) is 3.41. The number of amides is 2. The van der Waals surface area contributed by atoms with Gasteiger partial charge in [0.1, 0.15) is 18.3 Å². The zero-order valence-corrected chi connectivity index (χ0v) is 22.5. The number of ether oxygens (including phenoxy) is 1. The summed E-state index contributed by atoms with van der Waals surface area (Å²) in [5, 5.41) is 2.85. The Balaban J connectivity index is 2.39. The summed E-state index contributed by atoms with van der Waals surface area (Å²) in [6.45, 7) is 5.74. The maximum atomic E-state index is 13.5. The summed E-state index contributed by atoms with van der Waals surface area (Å²) >= 11 is 3.39. The monoisotopic (exact) mass is 553 g/mol. The highest BCUT2D eigenvalue weighted by molar-refractivity contribution is 9.10. The van der Waals surface area contributed by atoms with E-state index in [1.165, 1.54) is 12.0 Å². The van der Waals surface area contributed by atoms with Crippen LogP contribution in [0, 0.1) is 5.92 Å². The van der Waals surface area contributed by atoms with Gasteiger partial charge < -0.3 is 15.0 Å². The second-order valence-corrected chi connectivity index (χ2v) is 11.2. The standard InChI is InChI=1S/C24H32BrN3O5S/c1-17(2)14-26-24(30)18(3)27(15-19-10-12-20(25)13-11-19)23(29)16-28(34(5,31)32)21-8-6-7-9-22(21)33-4/h6-13,17-18H,14-16H2,1-5H3,(H,26,30). The van der Waals surface area contributed by atoms with Crippen LogP contribution in [0.4, 0.5) is 5.69 Å². The summed E-state index contributed by atoms with van der Waals surface area (Å²) in [4.78, 5) is 27.7. The van der Waals surface area contributed by atoms with Crippen molar-refractivity contribution in [1.29, 1.82) is 0 Å². The molecular weight excluding hydrogens is 522 g/mol. The molecule has 0 aliphatic carbocycles. The SMILES string of the molecule is COc1ccccc1N(CC(=O)N(Cc1ccc(Br)cc1)C(C)C(=O)NCC(C)C)S(C)(=O)=O. The number of hydrogen-bond donors (Lipinski definition) is 1. The Bertz CT molecular complexity index is 1090. The minimum atomic E-state index is -3.83. The third-order valence-corrected chi connectivity index (χ3v) is 6.81. The number of benzene rings is 2. The van der Waals surface area contributed by atoms with E-state index in [0.717, 1.165) is 20.6 Å². The zero-order chi connectivity index (χ0) is 25.5. The molecule has 2 aromatic rings. The van der Waals surface area contributed by atoms with Gasteiger partial charge in [0.2, 0.25) is 21.8 Å². The molecule has 0 spiro atoms. The van der Waals surface area contributed by atoms with Gasteiger partial charge in [0.25, 0.3) is 0 Å². The van der Waals surface area contributed by atoms with Crippen molar-refractivity contribution in [2.24, 2.45) is 5.92 Å². The molecular formula is C24H32BrN3O5S. The van der Waals surface area contributed by atoms with Gasteiger partial charge in [-0.2, -0.15) is 0 Å². The number of sulfonamides is 1. The number of nitrogens with zero attached hydrogens (tertiary/aromatic N) is 2. The average Bonchev–Trinajstić information content (AvgIpc) is 2.79. The normalized spacial score (nSPS) is 12.2. The molecule has 0 bridgehead atoms. The van der Waals surface area contributed by atoms with Gasteiger partial charge >= 0.3 is 0 Å². The Hall–Kier alpha value is -2.59. The first kappa shape index (κ1) is 27.7. The van der Waals surface area contributed by atoms with Crippen molar-refractivity contribution in [3.05, 3.63) is 58.6 Å². The number of rotatable bonds is 11. The zero-order valence-electron chi connectivity index (χ0n) is 20.1. The first-order valence-electron chi connectivity index (χ1n) is 10.9. The predicted molar refractivity (Wildman–Crippen MR) is 137 cm³/mol. The van der Waals surface area contributed by atoms with E-state index in [1.807, 2.05) is 38.1 Å². The Morgan fingerprint density at radius 3 is 2.24 bits per heavy atom. The van der Waals surface area contributed by atoms with Crippen LogP contribution in [0.3, 0.4) is 0 Å². The Morgan fingerprint density at radius 2 is 1.68 bits per heavy atom. The van der Waals surface area contributed by atoms with Crippen molar-refractivity contribution in [3.63, 3.8) is 0 Å². The van der Waals surface area contributed by atoms with Crippen LogP contribution < -0.4 is 14.4 Å². The highest BCUT2D eigenvalue weighted by Gasteiger charge is 2.31. The molecule has 0 aromatic heterocycles. The number of hydrogen-bond acceptors (Lipinski definition) is 5. The number of para-hydroxylation sites is 2. The molecule has 2 rings (SSSR count). The van der Waals surface area contributed by atoms with Crippen LogP contribution in [-0.2, 0) is 26.2 Å². The fourth-order valence-corrected chi connectivity index (χ4v) is 4.37. The molecule has 0 saturated heterocycles. The molecule has 0 radical (unpaired) electrons. The smallest absolute Gasteiger partial charge is 0.244 e. The second kappa shape index (κ2) is 12.2. The molecule has 1 atom stereocenters. The van der Waals surface area contributed by atoms with Gasteiger partial charge in [0.15, 0.2) is 0 Å². The van der Waals surface area contributed by atoms with Gasteiger partial charge in [0.05, 0.1) is 19.1 Å². The molecule has 0 fully saturated rings. The Morgan fingerprint density at radius 1 is 1.06 bits per heavy atom. The van der Waals surface area contributed by atoms with Crippen LogP contribution in [0.5, 0.6) is 5.75 Å². The van der Waals surface area contributed by atoms with E-state index in [1.54, 1.807) is 31.2 Å². The van der Waals surface area contributed by atoms with Crippen molar-refractivity contribution in [3.8, 4) is 5.75 Å². The topological polar surface area (TPSA) is 96.0 Å². The number of anilines is 1. The van der Waals surface area contributed by atoms with Crippen LogP contribution in [0.25, 0.3) is 0 Å². The molecule has 0 aliphatic rings. The number of carbonyl (C=O) groups excluding carboxylic acids is 2. The van der Waals surface area contributed by atoms with Crippen LogP contribution in [0.15, 0.2) is 53.0 Å².